The lowest BCUT2D eigenvalue weighted by Gasteiger charge is -2.34. The van der Waals surface area contributed by atoms with Crippen molar-refractivity contribution in [3.63, 3.8) is 0 Å². The topological polar surface area (TPSA) is 26.0 Å². The maximum Gasteiger partial charge on any atom is 0.00755 e. The van der Waals surface area contributed by atoms with Gasteiger partial charge in [0.2, 0.25) is 0 Å². The first-order valence-corrected chi connectivity index (χ1v) is 11.7. The van der Waals surface area contributed by atoms with Crippen LogP contribution >= 0.6 is 0 Å². The van der Waals surface area contributed by atoms with Gasteiger partial charge >= 0.3 is 0 Å². The van der Waals surface area contributed by atoms with Gasteiger partial charge in [-0.3, -0.25) is 0 Å². The van der Waals surface area contributed by atoms with Crippen molar-refractivity contribution in [3.8, 4) is 0 Å². The summed E-state index contributed by atoms with van der Waals surface area (Å²) in [5, 5.41) is 0. The van der Waals surface area contributed by atoms with Gasteiger partial charge < -0.3 is 5.73 Å². The molecule has 1 aromatic carbocycles. The summed E-state index contributed by atoms with van der Waals surface area (Å²) in [4.78, 5) is 0. The minimum atomic E-state index is 0.162. The van der Waals surface area contributed by atoms with Gasteiger partial charge in [-0.1, -0.05) is 128 Å². The molecule has 0 saturated heterocycles. The van der Waals surface area contributed by atoms with Crippen LogP contribution in [0.4, 0.5) is 0 Å². The standard InChI is InChI=1S/C26H45N/c1-4-7-9-11-13-15-21-26(23-27,22-16-14-12-10-8-5-2)25-19-17-24(6-3)18-20-25/h6,17-20H,3-5,7-16,21-23,27H2,1-2H3. The molecule has 0 aliphatic carbocycles. The van der Waals surface area contributed by atoms with E-state index in [0.717, 1.165) is 6.54 Å². The average Bonchev–Trinajstić information content (AvgIpc) is 2.72. The van der Waals surface area contributed by atoms with Gasteiger partial charge in [-0.15, -0.1) is 0 Å². The van der Waals surface area contributed by atoms with Crippen LogP contribution in [-0.2, 0) is 5.41 Å². The molecular weight excluding hydrogens is 326 g/mol. The van der Waals surface area contributed by atoms with Gasteiger partial charge in [-0.2, -0.15) is 0 Å². The predicted molar refractivity (Wildman–Crippen MR) is 123 cm³/mol. The van der Waals surface area contributed by atoms with Crippen LogP contribution in [0.2, 0.25) is 0 Å². The van der Waals surface area contributed by atoms with Gasteiger partial charge in [0.15, 0.2) is 0 Å². The quantitative estimate of drug-likeness (QED) is 0.275. The van der Waals surface area contributed by atoms with Gasteiger partial charge in [0.1, 0.15) is 0 Å². The van der Waals surface area contributed by atoms with Crippen LogP contribution in [-0.4, -0.2) is 6.54 Å². The number of hydrogen-bond donors (Lipinski definition) is 1. The van der Waals surface area contributed by atoms with E-state index in [2.05, 4.69) is 44.7 Å². The molecule has 1 heteroatoms. The van der Waals surface area contributed by atoms with Crippen molar-refractivity contribution in [2.45, 2.75) is 109 Å². The number of rotatable bonds is 17. The summed E-state index contributed by atoms with van der Waals surface area (Å²) in [5.74, 6) is 0. The third-order valence-corrected chi connectivity index (χ3v) is 6.17. The second-order valence-corrected chi connectivity index (χ2v) is 8.35. The molecule has 0 atom stereocenters. The molecule has 2 N–H and O–H groups in total. The summed E-state index contributed by atoms with van der Waals surface area (Å²) in [7, 11) is 0. The van der Waals surface area contributed by atoms with Gasteiger partial charge in [0, 0.05) is 12.0 Å². The summed E-state index contributed by atoms with van der Waals surface area (Å²) in [5.41, 5.74) is 9.22. The highest BCUT2D eigenvalue weighted by Gasteiger charge is 2.29. The van der Waals surface area contributed by atoms with E-state index in [1.807, 2.05) is 6.08 Å². The molecule has 1 nitrogen and oxygen atoms in total. The Morgan fingerprint density at radius 1 is 0.741 bits per heavy atom. The second-order valence-electron chi connectivity index (χ2n) is 8.35. The fraction of sp³-hybridized carbons (Fsp3) is 0.692. The van der Waals surface area contributed by atoms with E-state index >= 15 is 0 Å². The molecule has 0 aliphatic rings. The third kappa shape index (κ3) is 9.10. The molecule has 1 aromatic rings. The predicted octanol–water partition coefficient (Wildman–Crippen LogP) is 8.03. The van der Waals surface area contributed by atoms with Crippen molar-refractivity contribution in [2.75, 3.05) is 6.54 Å². The molecule has 0 radical (unpaired) electrons. The zero-order chi connectivity index (χ0) is 19.8. The van der Waals surface area contributed by atoms with Gasteiger partial charge in [0.25, 0.3) is 0 Å². The molecule has 0 aliphatic heterocycles. The van der Waals surface area contributed by atoms with Crippen LogP contribution in [0.15, 0.2) is 30.8 Å². The van der Waals surface area contributed by atoms with Gasteiger partial charge in [-0.05, 0) is 24.0 Å². The molecule has 0 unspecified atom stereocenters. The lowest BCUT2D eigenvalue weighted by Crippen LogP contribution is -2.35. The van der Waals surface area contributed by atoms with E-state index in [1.165, 1.54) is 101 Å². The molecule has 154 valence electrons. The maximum atomic E-state index is 6.42. The number of unbranched alkanes of at least 4 members (excludes halogenated alkanes) is 10. The molecule has 0 bridgehead atoms. The number of nitrogens with two attached hydrogens (primary N) is 1. The first-order valence-electron chi connectivity index (χ1n) is 11.7. The highest BCUT2D eigenvalue weighted by atomic mass is 14.6. The van der Waals surface area contributed by atoms with Crippen molar-refractivity contribution in [1.29, 1.82) is 0 Å². The Morgan fingerprint density at radius 2 is 1.19 bits per heavy atom. The van der Waals surface area contributed by atoms with Crippen LogP contribution in [0.5, 0.6) is 0 Å². The normalized spacial score (nSPS) is 11.7. The Hall–Kier alpha value is -1.08. The summed E-state index contributed by atoms with van der Waals surface area (Å²) < 4.78 is 0. The fourth-order valence-electron chi connectivity index (χ4n) is 4.20. The number of hydrogen-bond acceptors (Lipinski definition) is 1. The highest BCUT2D eigenvalue weighted by Crippen LogP contribution is 2.35. The number of benzene rings is 1. The zero-order valence-corrected chi connectivity index (χ0v) is 18.3. The Kier molecular flexibility index (Phi) is 13.2. The van der Waals surface area contributed by atoms with Gasteiger partial charge in [-0.25, -0.2) is 0 Å². The van der Waals surface area contributed by atoms with E-state index in [-0.39, 0.29) is 5.41 Å². The second kappa shape index (κ2) is 14.9. The first-order chi connectivity index (χ1) is 13.2. The average molecular weight is 372 g/mol. The lowest BCUT2D eigenvalue weighted by molar-refractivity contribution is 0.340. The van der Waals surface area contributed by atoms with Crippen LogP contribution in [0.3, 0.4) is 0 Å². The maximum absolute atomic E-state index is 6.42. The van der Waals surface area contributed by atoms with E-state index in [4.69, 9.17) is 5.73 Å². The van der Waals surface area contributed by atoms with E-state index in [1.54, 1.807) is 0 Å². The van der Waals surface area contributed by atoms with Crippen molar-refractivity contribution >= 4 is 6.08 Å². The van der Waals surface area contributed by atoms with E-state index in [9.17, 15) is 0 Å². The molecule has 27 heavy (non-hydrogen) atoms. The van der Waals surface area contributed by atoms with Crippen molar-refractivity contribution in [3.05, 3.63) is 42.0 Å². The fourth-order valence-corrected chi connectivity index (χ4v) is 4.20. The molecule has 0 spiro atoms. The largest absolute Gasteiger partial charge is 0.330 e. The Morgan fingerprint density at radius 3 is 1.59 bits per heavy atom. The van der Waals surface area contributed by atoms with Crippen LogP contribution in [0.25, 0.3) is 6.08 Å². The van der Waals surface area contributed by atoms with Crippen LogP contribution < -0.4 is 5.73 Å². The lowest BCUT2D eigenvalue weighted by atomic mass is 9.72. The highest BCUT2D eigenvalue weighted by molar-refractivity contribution is 5.48. The van der Waals surface area contributed by atoms with Crippen molar-refractivity contribution in [2.24, 2.45) is 5.73 Å². The molecule has 0 saturated carbocycles. The van der Waals surface area contributed by atoms with Crippen molar-refractivity contribution < 1.29 is 0 Å². The zero-order valence-electron chi connectivity index (χ0n) is 18.3. The Labute approximate surface area is 169 Å². The third-order valence-electron chi connectivity index (χ3n) is 6.17. The van der Waals surface area contributed by atoms with E-state index in [0.29, 0.717) is 0 Å². The molecular formula is C26H45N. The van der Waals surface area contributed by atoms with Crippen molar-refractivity contribution in [1.82, 2.24) is 0 Å². The Balaban J connectivity index is 2.67. The summed E-state index contributed by atoms with van der Waals surface area (Å²) >= 11 is 0. The molecule has 0 amide bonds. The van der Waals surface area contributed by atoms with Gasteiger partial charge in [0.05, 0.1) is 0 Å². The summed E-state index contributed by atoms with van der Waals surface area (Å²) in [6, 6.07) is 9.01. The molecule has 0 fully saturated rings. The molecule has 1 rings (SSSR count). The molecule has 0 heterocycles. The minimum Gasteiger partial charge on any atom is -0.330 e. The van der Waals surface area contributed by atoms with Crippen LogP contribution in [0, 0.1) is 0 Å². The summed E-state index contributed by atoms with van der Waals surface area (Å²) in [6.07, 6.45) is 20.6. The van der Waals surface area contributed by atoms with Crippen LogP contribution in [0.1, 0.15) is 115 Å². The summed E-state index contributed by atoms with van der Waals surface area (Å²) in [6.45, 7) is 9.23. The van der Waals surface area contributed by atoms with E-state index < -0.39 is 0 Å². The molecule has 0 aromatic heterocycles. The SMILES string of the molecule is C=Cc1ccc(C(CN)(CCCCCCCC)CCCCCCCC)cc1. The smallest absolute Gasteiger partial charge is 0.00755 e. The Bertz CT molecular complexity index is 457. The first kappa shape index (κ1) is 24.0. The monoisotopic (exact) mass is 371 g/mol. The minimum absolute atomic E-state index is 0.162.